The third-order valence-corrected chi connectivity index (χ3v) is 4.89. The van der Waals surface area contributed by atoms with Crippen LogP contribution in [0.15, 0.2) is 41.8 Å². The standard InChI is InChI=1S/C17H21NOS/c1-12-4-6-13(7-5-12)15(19)11-18-17(14-8-9-14)16-3-2-10-20-16/h2-7,10,14-15,17-19H,8-9,11H2,1H3. The first-order valence-electron chi connectivity index (χ1n) is 7.25. The molecule has 0 bridgehead atoms. The van der Waals surface area contributed by atoms with Gasteiger partial charge >= 0.3 is 0 Å². The van der Waals surface area contributed by atoms with E-state index in [0.29, 0.717) is 12.6 Å². The van der Waals surface area contributed by atoms with Gasteiger partial charge in [-0.15, -0.1) is 11.3 Å². The SMILES string of the molecule is Cc1ccc(C(O)CNC(c2cccs2)C2CC2)cc1. The molecule has 2 unspecified atom stereocenters. The molecular formula is C17H21NOS. The fraction of sp³-hybridized carbons (Fsp3) is 0.412. The minimum absolute atomic E-state index is 0.412. The summed E-state index contributed by atoms with van der Waals surface area (Å²) in [4.78, 5) is 1.39. The largest absolute Gasteiger partial charge is 0.387 e. The number of hydrogen-bond donors (Lipinski definition) is 2. The summed E-state index contributed by atoms with van der Waals surface area (Å²) in [5.41, 5.74) is 2.21. The van der Waals surface area contributed by atoms with E-state index in [1.165, 1.54) is 23.3 Å². The minimum atomic E-state index is -0.434. The Kier molecular flexibility index (Phi) is 4.20. The van der Waals surface area contributed by atoms with Crippen molar-refractivity contribution in [2.24, 2.45) is 5.92 Å². The van der Waals surface area contributed by atoms with Crippen molar-refractivity contribution >= 4 is 11.3 Å². The number of aliphatic hydroxyl groups excluding tert-OH is 1. The van der Waals surface area contributed by atoms with E-state index in [0.717, 1.165) is 11.5 Å². The maximum Gasteiger partial charge on any atom is 0.0914 e. The molecule has 1 aliphatic rings. The molecule has 0 saturated heterocycles. The highest BCUT2D eigenvalue weighted by atomic mass is 32.1. The smallest absolute Gasteiger partial charge is 0.0914 e. The Morgan fingerprint density at radius 3 is 2.60 bits per heavy atom. The zero-order valence-corrected chi connectivity index (χ0v) is 12.6. The minimum Gasteiger partial charge on any atom is -0.387 e. The van der Waals surface area contributed by atoms with Gasteiger partial charge in [-0.2, -0.15) is 0 Å². The number of hydrogen-bond acceptors (Lipinski definition) is 3. The van der Waals surface area contributed by atoms with Gasteiger partial charge in [0.25, 0.3) is 0 Å². The van der Waals surface area contributed by atoms with Gasteiger partial charge in [0.15, 0.2) is 0 Å². The van der Waals surface area contributed by atoms with E-state index in [9.17, 15) is 5.11 Å². The van der Waals surface area contributed by atoms with Crippen LogP contribution in [0.1, 0.15) is 41.0 Å². The third kappa shape index (κ3) is 3.29. The average molecular weight is 287 g/mol. The van der Waals surface area contributed by atoms with Gasteiger partial charge in [0.05, 0.1) is 6.10 Å². The molecule has 106 valence electrons. The normalized spacial score (nSPS) is 17.9. The van der Waals surface area contributed by atoms with Gasteiger partial charge in [0, 0.05) is 17.5 Å². The lowest BCUT2D eigenvalue weighted by Gasteiger charge is -2.20. The van der Waals surface area contributed by atoms with E-state index in [2.05, 4.69) is 41.9 Å². The molecule has 2 nitrogen and oxygen atoms in total. The van der Waals surface area contributed by atoms with E-state index < -0.39 is 6.10 Å². The zero-order valence-electron chi connectivity index (χ0n) is 11.8. The van der Waals surface area contributed by atoms with E-state index in [1.54, 1.807) is 11.3 Å². The Bertz CT molecular complexity index is 531. The van der Waals surface area contributed by atoms with Gasteiger partial charge in [-0.25, -0.2) is 0 Å². The van der Waals surface area contributed by atoms with Gasteiger partial charge in [-0.05, 0) is 42.7 Å². The lowest BCUT2D eigenvalue weighted by molar-refractivity contribution is 0.168. The summed E-state index contributed by atoms with van der Waals surface area (Å²) in [6.07, 6.45) is 2.17. The van der Waals surface area contributed by atoms with Crippen LogP contribution in [-0.2, 0) is 0 Å². The van der Waals surface area contributed by atoms with Crippen LogP contribution >= 0.6 is 11.3 Å². The van der Waals surface area contributed by atoms with Crippen molar-refractivity contribution < 1.29 is 5.11 Å². The molecule has 1 saturated carbocycles. The van der Waals surface area contributed by atoms with E-state index in [4.69, 9.17) is 0 Å². The van der Waals surface area contributed by atoms with Crippen LogP contribution in [0.2, 0.25) is 0 Å². The number of thiophene rings is 1. The molecule has 0 radical (unpaired) electrons. The van der Waals surface area contributed by atoms with Crippen LogP contribution in [0, 0.1) is 12.8 Å². The summed E-state index contributed by atoms with van der Waals surface area (Å²) in [5, 5.41) is 16.0. The van der Waals surface area contributed by atoms with Crippen LogP contribution in [-0.4, -0.2) is 11.7 Å². The fourth-order valence-electron chi connectivity index (χ4n) is 2.54. The predicted molar refractivity (Wildman–Crippen MR) is 83.9 cm³/mol. The van der Waals surface area contributed by atoms with Crippen LogP contribution in [0.3, 0.4) is 0 Å². The molecule has 0 amide bonds. The first kappa shape index (κ1) is 13.8. The van der Waals surface area contributed by atoms with Crippen LogP contribution < -0.4 is 5.32 Å². The summed E-state index contributed by atoms with van der Waals surface area (Å²) in [5.74, 6) is 0.749. The molecule has 3 rings (SSSR count). The van der Waals surface area contributed by atoms with Crippen LogP contribution in [0.5, 0.6) is 0 Å². The van der Waals surface area contributed by atoms with Crippen LogP contribution in [0.4, 0.5) is 0 Å². The highest BCUT2D eigenvalue weighted by Gasteiger charge is 2.32. The number of benzene rings is 1. The summed E-state index contributed by atoms with van der Waals surface area (Å²) in [6.45, 7) is 2.68. The Morgan fingerprint density at radius 2 is 2.00 bits per heavy atom. The molecule has 0 aliphatic heterocycles. The molecule has 2 N–H and O–H groups in total. The Hall–Kier alpha value is -1.16. The lowest BCUT2D eigenvalue weighted by Crippen LogP contribution is -2.27. The summed E-state index contributed by atoms with van der Waals surface area (Å²) >= 11 is 1.80. The van der Waals surface area contributed by atoms with Crippen molar-refractivity contribution in [3.63, 3.8) is 0 Å². The third-order valence-electron chi connectivity index (χ3n) is 3.94. The highest BCUT2D eigenvalue weighted by molar-refractivity contribution is 7.10. The van der Waals surface area contributed by atoms with E-state index >= 15 is 0 Å². The Balaban J connectivity index is 1.61. The monoisotopic (exact) mass is 287 g/mol. The molecule has 0 spiro atoms. The molecule has 1 heterocycles. The second-order valence-corrected chi connectivity index (χ2v) is 6.64. The molecule has 1 aromatic carbocycles. The molecule has 20 heavy (non-hydrogen) atoms. The average Bonchev–Trinajstić information content (AvgIpc) is 3.14. The molecular weight excluding hydrogens is 266 g/mol. The maximum absolute atomic E-state index is 10.3. The quantitative estimate of drug-likeness (QED) is 0.846. The van der Waals surface area contributed by atoms with Crippen molar-refractivity contribution in [1.29, 1.82) is 0 Å². The topological polar surface area (TPSA) is 32.3 Å². The highest BCUT2D eigenvalue weighted by Crippen LogP contribution is 2.42. The molecule has 1 aromatic heterocycles. The maximum atomic E-state index is 10.3. The van der Waals surface area contributed by atoms with Gasteiger partial charge in [-0.3, -0.25) is 0 Å². The summed E-state index contributed by atoms with van der Waals surface area (Å²) in [7, 11) is 0. The van der Waals surface area contributed by atoms with Crippen molar-refractivity contribution in [2.75, 3.05) is 6.54 Å². The predicted octanol–water partition coefficient (Wildman–Crippen LogP) is 3.83. The first-order valence-corrected chi connectivity index (χ1v) is 8.13. The van der Waals surface area contributed by atoms with Crippen molar-refractivity contribution in [1.82, 2.24) is 5.32 Å². The number of rotatable bonds is 6. The summed E-state index contributed by atoms with van der Waals surface area (Å²) < 4.78 is 0. The Labute approximate surface area is 124 Å². The van der Waals surface area contributed by atoms with Crippen molar-refractivity contribution in [2.45, 2.75) is 31.9 Å². The molecule has 2 atom stereocenters. The fourth-order valence-corrected chi connectivity index (χ4v) is 3.44. The van der Waals surface area contributed by atoms with Gasteiger partial charge in [0.2, 0.25) is 0 Å². The van der Waals surface area contributed by atoms with Gasteiger partial charge < -0.3 is 10.4 Å². The van der Waals surface area contributed by atoms with E-state index in [1.807, 2.05) is 12.1 Å². The summed E-state index contributed by atoms with van der Waals surface area (Å²) in [6, 6.07) is 12.8. The number of aliphatic hydroxyl groups is 1. The van der Waals surface area contributed by atoms with Crippen LogP contribution in [0.25, 0.3) is 0 Å². The Morgan fingerprint density at radius 1 is 1.25 bits per heavy atom. The molecule has 2 aromatic rings. The zero-order chi connectivity index (χ0) is 13.9. The lowest BCUT2D eigenvalue weighted by atomic mass is 10.1. The second-order valence-electron chi connectivity index (χ2n) is 5.67. The van der Waals surface area contributed by atoms with Gasteiger partial charge in [-0.1, -0.05) is 35.9 Å². The first-order chi connectivity index (χ1) is 9.74. The number of nitrogens with one attached hydrogen (secondary N) is 1. The second kappa shape index (κ2) is 6.08. The van der Waals surface area contributed by atoms with Crippen molar-refractivity contribution in [3.05, 3.63) is 57.8 Å². The molecule has 1 aliphatic carbocycles. The van der Waals surface area contributed by atoms with Gasteiger partial charge in [0.1, 0.15) is 0 Å². The molecule has 1 fully saturated rings. The molecule has 3 heteroatoms. The van der Waals surface area contributed by atoms with Crippen molar-refractivity contribution in [3.8, 4) is 0 Å². The van der Waals surface area contributed by atoms with E-state index in [-0.39, 0.29) is 0 Å². The number of aryl methyl sites for hydroxylation is 1.